The highest BCUT2D eigenvalue weighted by atomic mass is 19.1. The number of pyridine rings is 1. The number of amides is 1. The lowest BCUT2D eigenvalue weighted by Crippen LogP contribution is -2.29. The van der Waals surface area contributed by atoms with Gasteiger partial charge < -0.3 is 15.5 Å². The molecule has 1 fully saturated rings. The van der Waals surface area contributed by atoms with E-state index < -0.39 is 28.9 Å². The van der Waals surface area contributed by atoms with Crippen LogP contribution in [-0.4, -0.2) is 37.1 Å². The van der Waals surface area contributed by atoms with Crippen molar-refractivity contribution in [3.63, 3.8) is 0 Å². The molecule has 0 unspecified atom stereocenters. The van der Waals surface area contributed by atoms with Gasteiger partial charge >= 0.3 is 0 Å². The van der Waals surface area contributed by atoms with E-state index in [2.05, 4.69) is 20.5 Å². The molecule has 0 atom stereocenters. The second kappa shape index (κ2) is 9.18. The molecule has 5 nitrogen and oxygen atoms in total. The Hall–Kier alpha value is -3.39. The standard InChI is InChI=1S/C23H21F3N4O/c24-17-6-2-7-18(25)21(17)15-4-1-5-16(22(15)26)23(31)29-19-14-28-10-8-20(19)30-12-3-9-27-11-13-30/h1-2,4-8,10,14,27H,3,9,11-13H2,(H,29,31). The maximum Gasteiger partial charge on any atom is 0.258 e. The number of hydrogen-bond donors (Lipinski definition) is 2. The molecule has 3 aromatic rings. The molecule has 1 aromatic heterocycles. The highest BCUT2D eigenvalue weighted by molar-refractivity contribution is 6.06. The molecule has 0 radical (unpaired) electrons. The Morgan fingerprint density at radius 3 is 2.58 bits per heavy atom. The Bertz CT molecular complexity index is 1080. The number of aromatic nitrogens is 1. The van der Waals surface area contributed by atoms with Crippen LogP contribution in [0.5, 0.6) is 0 Å². The predicted molar refractivity (Wildman–Crippen MR) is 114 cm³/mol. The monoisotopic (exact) mass is 426 g/mol. The van der Waals surface area contributed by atoms with Crippen LogP contribution in [0.2, 0.25) is 0 Å². The molecule has 2 heterocycles. The largest absolute Gasteiger partial charge is 0.368 e. The van der Waals surface area contributed by atoms with E-state index in [0.29, 0.717) is 5.69 Å². The fourth-order valence-corrected chi connectivity index (χ4v) is 3.69. The fourth-order valence-electron chi connectivity index (χ4n) is 3.69. The minimum atomic E-state index is -0.992. The first kappa shape index (κ1) is 20.9. The van der Waals surface area contributed by atoms with E-state index in [1.165, 1.54) is 30.5 Å². The molecule has 1 aliphatic rings. The van der Waals surface area contributed by atoms with Gasteiger partial charge in [0.05, 0.1) is 28.7 Å². The van der Waals surface area contributed by atoms with Crippen LogP contribution < -0.4 is 15.5 Å². The quantitative estimate of drug-likeness (QED) is 0.656. The number of anilines is 2. The molecule has 2 N–H and O–H groups in total. The highest BCUT2D eigenvalue weighted by Crippen LogP contribution is 2.31. The number of carbonyl (C=O) groups excluding carboxylic acids is 1. The molecule has 31 heavy (non-hydrogen) atoms. The van der Waals surface area contributed by atoms with Gasteiger partial charge in [0.1, 0.15) is 17.5 Å². The summed E-state index contributed by atoms with van der Waals surface area (Å²) in [5, 5.41) is 6.02. The molecule has 1 amide bonds. The van der Waals surface area contributed by atoms with Crippen LogP contribution in [0.4, 0.5) is 24.5 Å². The van der Waals surface area contributed by atoms with E-state index in [4.69, 9.17) is 0 Å². The SMILES string of the molecule is O=C(Nc1cnccc1N1CCCNCC1)c1cccc(-c2c(F)cccc2F)c1F. The molecule has 1 saturated heterocycles. The molecule has 2 aromatic carbocycles. The summed E-state index contributed by atoms with van der Waals surface area (Å²) >= 11 is 0. The van der Waals surface area contributed by atoms with Crippen LogP contribution >= 0.6 is 0 Å². The van der Waals surface area contributed by atoms with Crippen molar-refractivity contribution in [2.75, 3.05) is 36.4 Å². The number of nitrogens with zero attached hydrogens (tertiary/aromatic N) is 2. The molecule has 0 spiro atoms. The number of hydrogen-bond acceptors (Lipinski definition) is 4. The Morgan fingerprint density at radius 2 is 1.77 bits per heavy atom. The number of carbonyl (C=O) groups is 1. The zero-order valence-electron chi connectivity index (χ0n) is 16.7. The van der Waals surface area contributed by atoms with Crippen molar-refractivity contribution < 1.29 is 18.0 Å². The van der Waals surface area contributed by atoms with Crippen molar-refractivity contribution in [2.24, 2.45) is 0 Å². The van der Waals surface area contributed by atoms with Gasteiger partial charge in [-0.15, -0.1) is 0 Å². The lowest BCUT2D eigenvalue weighted by molar-refractivity contribution is 0.102. The van der Waals surface area contributed by atoms with Gasteiger partial charge in [0.2, 0.25) is 0 Å². The van der Waals surface area contributed by atoms with Crippen LogP contribution in [0.1, 0.15) is 16.8 Å². The van der Waals surface area contributed by atoms with Gasteiger partial charge in [0.25, 0.3) is 5.91 Å². The van der Waals surface area contributed by atoms with Gasteiger partial charge in [0.15, 0.2) is 0 Å². The molecule has 4 rings (SSSR count). The first-order valence-electron chi connectivity index (χ1n) is 10.00. The second-order valence-electron chi connectivity index (χ2n) is 7.20. The summed E-state index contributed by atoms with van der Waals surface area (Å²) in [4.78, 5) is 19.1. The molecule has 1 aliphatic heterocycles. The second-order valence-corrected chi connectivity index (χ2v) is 7.20. The van der Waals surface area contributed by atoms with Gasteiger partial charge in [-0.25, -0.2) is 13.2 Å². The summed E-state index contributed by atoms with van der Waals surface area (Å²) in [5.41, 5.74) is 0.0922. The maximum atomic E-state index is 15.2. The van der Waals surface area contributed by atoms with Crippen LogP contribution in [-0.2, 0) is 0 Å². The normalized spacial score (nSPS) is 14.2. The van der Waals surface area contributed by atoms with Gasteiger partial charge in [-0.1, -0.05) is 18.2 Å². The van der Waals surface area contributed by atoms with Crippen molar-refractivity contribution in [1.82, 2.24) is 10.3 Å². The van der Waals surface area contributed by atoms with Crippen LogP contribution in [0.3, 0.4) is 0 Å². The smallest absolute Gasteiger partial charge is 0.258 e. The number of nitrogens with one attached hydrogen (secondary N) is 2. The van der Waals surface area contributed by atoms with Gasteiger partial charge in [-0.3, -0.25) is 9.78 Å². The zero-order valence-corrected chi connectivity index (χ0v) is 16.7. The van der Waals surface area contributed by atoms with Crippen molar-refractivity contribution in [3.05, 3.63) is 77.9 Å². The molecular weight excluding hydrogens is 405 g/mol. The summed E-state index contributed by atoms with van der Waals surface area (Å²) in [6, 6.07) is 8.99. The van der Waals surface area contributed by atoms with Crippen molar-refractivity contribution in [2.45, 2.75) is 6.42 Å². The minimum absolute atomic E-state index is 0.312. The summed E-state index contributed by atoms with van der Waals surface area (Å²) in [6.07, 6.45) is 4.08. The number of rotatable bonds is 4. The number of benzene rings is 2. The summed E-state index contributed by atoms with van der Waals surface area (Å²) in [6.45, 7) is 3.27. The van der Waals surface area contributed by atoms with Crippen molar-refractivity contribution in [3.8, 4) is 11.1 Å². The summed E-state index contributed by atoms with van der Waals surface area (Å²) < 4.78 is 43.5. The lowest BCUT2D eigenvalue weighted by Gasteiger charge is -2.25. The molecule has 0 aliphatic carbocycles. The number of halogens is 3. The maximum absolute atomic E-state index is 15.2. The fraction of sp³-hybridized carbons (Fsp3) is 0.217. The Labute approximate surface area is 177 Å². The molecule has 160 valence electrons. The van der Waals surface area contributed by atoms with E-state index in [1.54, 1.807) is 12.3 Å². The first-order valence-corrected chi connectivity index (χ1v) is 10.00. The van der Waals surface area contributed by atoms with Crippen LogP contribution in [0.15, 0.2) is 54.9 Å². The third kappa shape index (κ3) is 4.39. The van der Waals surface area contributed by atoms with Crippen LogP contribution in [0, 0.1) is 17.5 Å². The van der Waals surface area contributed by atoms with Crippen LogP contribution in [0.25, 0.3) is 11.1 Å². The van der Waals surface area contributed by atoms with E-state index in [1.807, 2.05) is 0 Å². The summed E-state index contributed by atoms with van der Waals surface area (Å²) in [7, 11) is 0. The van der Waals surface area contributed by atoms with Gasteiger partial charge in [-0.05, 0) is 37.2 Å². The molecule has 0 bridgehead atoms. The Balaban J connectivity index is 1.65. The van der Waals surface area contributed by atoms with Gasteiger partial charge in [-0.2, -0.15) is 0 Å². The zero-order chi connectivity index (χ0) is 21.8. The average Bonchev–Trinajstić information content (AvgIpc) is 3.04. The van der Waals surface area contributed by atoms with Gasteiger partial charge in [0, 0.05) is 31.4 Å². The third-order valence-electron chi connectivity index (χ3n) is 5.20. The Kier molecular flexibility index (Phi) is 6.18. The third-order valence-corrected chi connectivity index (χ3v) is 5.20. The van der Waals surface area contributed by atoms with E-state index in [0.717, 1.165) is 50.4 Å². The summed E-state index contributed by atoms with van der Waals surface area (Å²) in [5.74, 6) is -3.52. The highest BCUT2D eigenvalue weighted by Gasteiger charge is 2.22. The van der Waals surface area contributed by atoms with E-state index in [9.17, 15) is 13.6 Å². The topological polar surface area (TPSA) is 57.3 Å². The molecular formula is C23H21F3N4O. The lowest BCUT2D eigenvalue weighted by atomic mass is 10.0. The predicted octanol–water partition coefficient (Wildman–Crippen LogP) is 4.22. The molecule has 0 saturated carbocycles. The Morgan fingerprint density at radius 1 is 1.00 bits per heavy atom. The molecule has 8 heteroatoms. The van der Waals surface area contributed by atoms with Crippen molar-refractivity contribution >= 4 is 17.3 Å². The van der Waals surface area contributed by atoms with E-state index >= 15 is 4.39 Å². The minimum Gasteiger partial charge on any atom is -0.368 e. The van der Waals surface area contributed by atoms with Crippen molar-refractivity contribution in [1.29, 1.82) is 0 Å². The average molecular weight is 426 g/mol. The van der Waals surface area contributed by atoms with E-state index in [-0.39, 0.29) is 11.1 Å². The first-order chi connectivity index (χ1) is 15.1.